The van der Waals surface area contributed by atoms with E-state index < -0.39 is 20.5 Å². The van der Waals surface area contributed by atoms with Gasteiger partial charge in [-0.05, 0) is 51.8 Å². The number of halogens is 3. The average Bonchev–Trinajstić information content (AvgIpc) is 2.43. The summed E-state index contributed by atoms with van der Waals surface area (Å²) in [6.45, 7) is 7.62. The number of hydrogen-bond acceptors (Lipinski definition) is 3. The standard InChI is InChI=1S/C16H25F3O3Si/c1-12(2)21-23(20-5,22-13(3)4)11-10-14-6-8-15(9-7-14)16(17,18)19/h6-9,12-13H,10-11H2,1-5H3. The highest BCUT2D eigenvalue weighted by Crippen LogP contribution is 2.29. The molecule has 0 atom stereocenters. The normalized spacial score (nSPS) is 13.1. The fourth-order valence-electron chi connectivity index (χ4n) is 2.22. The molecule has 0 N–H and O–H groups in total. The van der Waals surface area contributed by atoms with Gasteiger partial charge >= 0.3 is 15.0 Å². The van der Waals surface area contributed by atoms with E-state index in [4.69, 9.17) is 13.3 Å². The third-order valence-corrected chi connectivity index (χ3v) is 6.29. The highest BCUT2D eigenvalue weighted by molar-refractivity contribution is 6.60. The molecule has 0 saturated heterocycles. The molecule has 1 aromatic carbocycles. The maximum atomic E-state index is 12.6. The summed E-state index contributed by atoms with van der Waals surface area (Å²) < 4.78 is 55.1. The molecule has 0 spiro atoms. The van der Waals surface area contributed by atoms with Crippen LogP contribution in [0.3, 0.4) is 0 Å². The third kappa shape index (κ3) is 6.62. The lowest BCUT2D eigenvalue weighted by atomic mass is 10.1. The molecule has 1 aromatic rings. The van der Waals surface area contributed by atoms with E-state index in [1.54, 1.807) is 7.11 Å². The van der Waals surface area contributed by atoms with E-state index in [0.29, 0.717) is 12.5 Å². The zero-order valence-corrected chi connectivity index (χ0v) is 15.2. The fraction of sp³-hybridized carbons (Fsp3) is 0.625. The van der Waals surface area contributed by atoms with Crippen LogP contribution in [0.4, 0.5) is 13.2 Å². The van der Waals surface area contributed by atoms with E-state index in [1.165, 1.54) is 12.1 Å². The van der Waals surface area contributed by atoms with Crippen LogP contribution in [-0.4, -0.2) is 28.1 Å². The summed E-state index contributed by atoms with van der Waals surface area (Å²) in [7, 11) is -1.29. The molecule has 0 aliphatic carbocycles. The Bertz CT molecular complexity index is 462. The SMILES string of the molecule is CO[Si](CCc1ccc(C(F)(F)F)cc1)(OC(C)C)OC(C)C. The van der Waals surface area contributed by atoms with Gasteiger partial charge in [0.05, 0.1) is 5.56 Å². The van der Waals surface area contributed by atoms with Crippen LogP contribution in [-0.2, 0) is 25.9 Å². The summed E-state index contributed by atoms with van der Waals surface area (Å²) in [6.07, 6.45) is -3.87. The summed E-state index contributed by atoms with van der Waals surface area (Å²) in [4.78, 5) is 0. The number of hydrogen-bond donors (Lipinski definition) is 0. The zero-order chi connectivity index (χ0) is 17.7. The van der Waals surface area contributed by atoms with Crippen LogP contribution in [0.5, 0.6) is 0 Å². The summed E-state index contributed by atoms with van der Waals surface area (Å²) in [5.74, 6) is 0. The predicted molar refractivity (Wildman–Crippen MR) is 85.2 cm³/mol. The summed E-state index contributed by atoms with van der Waals surface area (Å²) in [5, 5.41) is 0. The average molecular weight is 350 g/mol. The lowest BCUT2D eigenvalue weighted by molar-refractivity contribution is -0.137. The van der Waals surface area contributed by atoms with E-state index in [9.17, 15) is 13.2 Å². The van der Waals surface area contributed by atoms with Crippen molar-refractivity contribution in [3.63, 3.8) is 0 Å². The van der Waals surface area contributed by atoms with Gasteiger partial charge in [0.2, 0.25) is 0 Å². The van der Waals surface area contributed by atoms with Crippen molar-refractivity contribution in [1.29, 1.82) is 0 Å². The molecule has 0 amide bonds. The fourth-order valence-corrected chi connectivity index (χ4v) is 4.94. The summed E-state index contributed by atoms with van der Waals surface area (Å²) in [6, 6.07) is 5.69. The molecule has 0 heterocycles. The van der Waals surface area contributed by atoms with Crippen molar-refractivity contribution in [3.05, 3.63) is 35.4 Å². The first-order valence-electron chi connectivity index (χ1n) is 7.65. The van der Waals surface area contributed by atoms with Crippen molar-refractivity contribution in [1.82, 2.24) is 0 Å². The van der Waals surface area contributed by atoms with Crippen LogP contribution in [0.25, 0.3) is 0 Å². The van der Waals surface area contributed by atoms with E-state index in [0.717, 1.165) is 17.7 Å². The first-order valence-corrected chi connectivity index (χ1v) is 9.58. The molecule has 0 radical (unpaired) electrons. The van der Waals surface area contributed by atoms with Crippen molar-refractivity contribution >= 4 is 8.80 Å². The van der Waals surface area contributed by atoms with Crippen LogP contribution in [0.1, 0.15) is 38.8 Å². The van der Waals surface area contributed by atoms with Gasteiger partial charge in [0.1, 0.15) is 0 Å². The Morgan fingerprint density at radius 3 is 1.78 bits per heavy atom. The first-order chi connectivity index (χ1) is 10.6. The topological polar surface area (TPSA) is 27.7 Å². The molecular formula is C16H25F3O3Si. The monoisotopic (exact) mass is 350 g/mol. The smallest absolute Gasteiger partial charge is 0.377 e. The van der Waals surface area contributed by atoms with Gasteiger partial charge in [-0.25, -0.2) is 0 Å². The number of aryl methyl sites for hydroxylation is 1. The van der Waals surface area contributed by atoms with E-state index in [-0.39, 0.29) is 12.2 Å². The van der Waals surface area contributed by atoms with Crippen molar-refractivity contribution < 1.29 is 26.4 Å². The Morgan fingerprint density at radius 1 is 0.957 bits per heavy atom. The van der Waals surface area contributed by atoms with Crippen LogP contribution in [0.15, 0.2) is 24.3 Å². The van der Waals surface area contributed by atoms with Gasteiger partial charge in [0.25, 0.3) is 0 Å². The number of alkyl halides is 3. The Morgan fingerprint density at radius 2 is 1.43 bits per heavy atom. The molecule has 0 fully saturated rings. The number of rotatable bonds is 8. The van der Waals surface area contributed by atoms with Gasteiger partial charge in [0.15, 0.2) is 0 Å². The largest absolute Gasteiger partial charge is 0.501 e. The molecule has 1 rings (SSSR count). The molecular weight excluding hydrogens is 325 g/mol. The van der Waals surface area contributed by atoms with Gasteiger partial charge in [-0.2, -0.15) is 13.2 Å². The summed E-state index contributed by atoms with van der Waals surface area (Å²) in [5.41, 5.74) is 0.153. The van der Waals surface area contributed by atoms with Gasteiger partial charge in [-0.1, -0.05) is 12.1 Å². The maximum absolute atomic E-state index is 12.6. The van der Waals surface area contributed by atoms with Crippen molar-refractivity contribution in [3.8, 4) is 0 Å². The Labute approximate surface area is 137 Å². The molecule has 7 heteroatoms. The molecule has 132 valence electrons. The van der Waals surface area contributed by atoms with Gasteiger partial charge < -0.3 is 13.3 Å². The highest BCUT2D eigenvalue weighted by atomic mass is 28.4. The molecule has 0 bridgehead atoms. The third-order valence-electron chi connectivity index (χ3n) is 3.14. The quantitative estimate of drug-likeness (QED) is 0.637. The second-order valence-corrected chi connectivity index (χ2v) is 8.66. The Hall–Kier alpha value is -0.893. The van der Waals surface area contributed by atoms with Gasteiger partial charge in [0, 0.05) is 25.4 Å². The lowest BCUT2D eigenvalue weighted by Gasteiger charge is -2.31. The van der Waals surface area contributed by atoms with Gasteiger partial charge in [-0.15, -0.1) is 0 Å². The van der Waals surface area contributed by atoms with Crippen molar-refractivity contribution in [2.24, 2.45) is 0 Å². The zero-order valence-electron chi connectivity index (χ0n) is 14.2. The molecule has 0 aliphatic heterocycles. The molecule has 23 heavy (non-hydrogen) atoms. The first kappa shape index (κ1) is 20.2. The lowest BCUT2D eigenvalue weighted by Crippen LogP contribution is -2.48. The van der Waals surface area contributed by atoms with E-state index in [1.807, 2.05) is 27.7 Å². The predicted octanol–water partition coefficient (Wildman–Crippen LogP) is 4.68. The van der Waals surface area contributed by atoms with Crippen LogP contribution in [0.2, 0.25) is 6.04 Å². The minimum Gasteiger partial charge on any atom is -0.377 e. The van der Waals surface area contributed by atoms with E-state index >= 15 is 0 Å². The Kier molecular flexibility index (Phi) is 7.25. The highest BCUT2D eigenvalue weighted by Gasteiger charge is 2.41. The van der Waals surface area contributed by atoms with Crippen molar-refractivity contribution in [2.75, 3.05) is 7.11 Å². The molecule has 0 unspecified atom stereocenters. The molecule has 0 aromatic heterocycles. The minimum atomic E-state index is -4.31. The molecule has 0 saturated carbocycles. The van der Waals surface area contributed by atoms with Crippen LogP contribution in [0, 0.1) is 0 Å². The molecule has 0 aliphatic rings. The van der Waals surface area contributed by atoms with Crippen molar-refractivity contribution in [2.45, 2.75) is 58.5 Å². The second kappa shape index (κ2) is 8.28. The van der Waals surface area contributed by atoms with E-state index in [2.05, 4.69) is 0 Å². The summed E-state index contributed by atoms with van der Waals surface area (Å²) >= 11 is 0. The second-order valence-electron chi connectivity index (χ2n) is 5.92. The van der Waals surface area contributed by atoms with Crippen LogP contribution >= 0.6 is 0 Å². The van der Waals surface area contributed by atoms with Crippen LogP contribution < -0.4 is 0 Å². The minimum absolute atomic E-state index is 0.0482. The Balaban J connectivity index is 2.81. The number of benzene rings is 1. The molecule has 3 nitrogen and oxygen atoms in total. The van der Waals surface area contributed by atoms with Gasteiger partial charge in [-0.3, -0.25) is 0 Å². The maximum Gasteiger partial charge on any atom is 0.501 e.